The molecular weight excluding hydrogens is 236 g/mol. The Bertz CT molecular complexity index is 452. The normalized spacial score (nSPS) is 25.2. The number of amides is 1. The van der Waals surface area contributed by atoms with Crippen molar-refractivity contribution in [2.75, 3.05) is 0 Å². The van der Waals surface area contributed by atoms with Gasteiger partial charge in [-0.25, -0.2) is 0 Å². The maximum absolute atomic E-state index is 12.4. The summed E-state index contributed by atoms with van der Waals surface area (Å²) < 4.78 is 0. The summed E-state index contributed by atoms with van der Waals surface area (Å²) >= 11 is 0. The molecule has 3 atom stereocenters. The van der Waals surface area contributed by atoms with E-state index in [1.165, 1.54) is 5.56 Å². The zero-order valence-corrected chi connectivity index (χ0v) is 12.5. The van der Waals surface area contributed by atoms with E-state index in [1.807, 2.05) is 11.8 Å². The topological polar surface area (TPSA) is 32.3 Å². The molecule has 0 aromatic heterocycles. The predicted octanol–water partition coefficient (Wildman–Crippen LogP) is 2.86. The maximum Gasteiger partial charge on any atom is 0.241 e. The van der Waals surface area contributed by atoms with Crippen molar-refractivity contribution in [3.05, 3.63) is 35.4 Å². The molecule has 104 valence electrons. The second-order valence-corrected chi connectivity index (χ2v) is 5.93. The summed E-state index contributed by atoms with van der Waals surface area (Å²) in [6, 6.07) is 8.55. The fourth-order valence-electron chi connectivity index (χ4n) is 2.50. The Labute approximate surface area is 116 Å². The molecule has 1 aromatic rings. The molecule has 1 aromatic carbocycles. The number of nitrogens with one attached hydrogen (secondary N) is 1. The summed E-state index contributed by atoms with van der Waals surface area (Å²) in [5, 5.41) is 3.40. The molecule has 1 aliphatic rings. The monoisotopic (exact) mass is 260 g/mol. The van der Waals surface area contributed by atoms with Gasteiger partial charge < -0.3 is 4.90 Å². The molecule has 2 rings (SSSR count). The van der Waals surface area contributed by atoms with Gasteiger partial charge in [-0.15, -0.1) is 0 Å². The van der Waals surface area contributed by atoms with Crippen LogP contribution in [0.25, 0.3) is 0 Å². The number of rotatable bonds is 3. The fourth-order valence-corrected chi connectivity index (χ4v) is 2.50. The van der Waals surface area contributed by atoms with Gasteiger partial charge in [-0.2, -0.15) is 0 Å². The van der Waals surface area contributed by atoms with Crippen LogP contribution in [0, 0.1) is 12.8 Å². The lowest BCUT2D eigenvalue weighted by atomic mass is 10.0. The van der Waals surface area contributed by atoms with E-state index in [4.69, 9.17) is 0 Å². The van der Waals surface area contributed by atoms with E-state index in [9.17, 15) is 4.79 Å². The van der Waals surface area contributed by atoms with Crippen LogP contribution < -0.4 is 5.32 Å². The van der Waals surface area contributed by atoms with Gasteiger partial charge >= 0.3 is 0 Å². The molecule has 1 aliphatic heterocycles. The Kier molecular flexibility index (Phi) is 3.95. The van der Waals surface area contributed by atoms with Crippen LogP contribution in [0.4, 0.5) is 0 Å². The van der Waals surface area contributed by atoms with E-state index in [1.54, 1.807) is 0 Å². The van der Waals surface area contributed by atoms with Gasteiger partial charge in [-0.1, -0.05) is 43.7 Å². The first kappa shape index (κ1) is 14.1. The van der Waals surface area contributed by atoms with Crippen LogP contribution in [-0.2, 0) is 4.79 Å². The number of carbonyl (C=O) groups excluding carboxylic acids is 1. The van der Waals surface area contributed by atoms with Crippen LogP contribution in [0.3, 0.4) is 0 Å². The van der Waals surface area contributed by atoms with Gasteiger partial charge in [0.05, 0.1) is 6.04 Å². The quantitative estimate of drug-likeness (QED) is 0.906. The van der Waals surface area contributed by atoms with Gasteiger partial charge in [-0.05, 0) is 32.3 Å². The third kappa shape index (κ3) is 2.66. The highest BCUT2D eigenvalue weighted by Crippen LogP contribution is 2.29. The zero-order valence-electron chi connectivity index (χ0n) is 12.5. The number of aryl methyl sites for hydroxylation is 1. The summed E-state index contributed by atoms with van der Waals surface area (Å²) in [7, 11) is 0. The summed E-state index contributed by atoms with van der Waals surface area (Å²) in [6.07, 6.45) is 0.000463. The molecule has 1 saturated heterocycles. The Hall–Kier alpha value is -1.35. The van der Waals surface area contributed by atoms with Crippen LogP contribution >= 0.6 is 0 Å². The number of benzene rings is 1. The van der Waals surface area contributed by atoms with E-state index in [2.05, 4.69) is 57.3 Å². The Morgan fingerprint density at radius 2 is 1.74 bits per heavy atom. The SMILES string of the molecule is Cc1ccc(C2NC(C)C(=O)N2C(C)C(C)C)cc1. The van der Waals surface area contributed by atoms with Gasteiger partial charge in [0.1, 0.15) is 6.17 Å². The molecule has 0 bridgehead atoms. The van der Waals surface area contributed by atoms with Crippen LogP contribution in [0.5, 0.6) is 0 Å². The second-order valence-electron chi connectivity index (χ2n) is 5.93. The van der Waals surface area contributed by atoms with Crippen LogP contribution in [-0.4, -0.2) is 22.9 Å². The number of hydrogen-bond acceptors (Lipinski definition) is 2. The predicted molar refractivity (Wildman–Crippen MR) is 77.7 cm³/mol. The lowest BCUT2D eigenvalue weighted by molar-refractivity contribution is -0.132. The summed E-state index contributed by atoms with van der Waals surface area (Å²) in [5.41, 5.74) is 2.40. The lowest BCUT2D eigenvalue weighted by Gasteiger charge is -2.33. The maximum atomic E-state index is 12.4. The highest BCUT2D eigenvalue weighted by atomic mass is 16.2. The first-order valence-corrected chi connectivity index (χ1v) is 7.06. The van der Waals surface area contributed by atoms with Crippen LogP contribution in [0.1, 0.15) is 45.0 Å². The molecule has 0 saturated carbocycles. The molecule has 1 amide bonds. The molecule has 3 heteroatoms. The van der Waals surface area contributed by atoms with Crippen molar-refractivity contribution in [3.8, 4) is 0 Å². The van der Waals surface area contributed by atoms with E-state index >= 15 is 0 Å². The van der Waals surface area contributed by atoms with Crippen LogP contribution in [0.2, 0.25) is 0 Å². The van der Waals surface area contributed by atoms with Crippen molar-refractivity contribution < 1.29 is 4.79 Å². The third-order valence-electron chi connectivity index (χ3n) is 4.11. The smallest absolute Gasteiger partial charge is 0.241 e. The average Bonchev–Trinajstić information content (AvgIpc) is 2.66. The number of nitrogens with zero attached hydrogens (tertiary/aromatic N) is 1. The molecule has 1 heterocycles. The molecule has 1 fully saturated rings. The third-order valence-corrected chi connectivity index (χ3v) is 4.11. The Balaban J connectivity index is 2.32. The van der Waals surface area contributed by atoms with Crippen molar-refractivity contribution in [3.63, 3.8) is 0 Å². The van der Waals surface area contributed by atoms with Crippen molar-refractivity contribution in [1.82, 2.24) is 10.2 Å². The van der Waals surface area contributed by atoms with Gasteiger partial charge in [0, 0.05) is 6.04 Å². The van der Waals surface area contributed by atoms with E-state index in [-0.39, 0.29) is 24.2 Å². The second kappa shape index (κ2) is 5.33. The summed E-state index contributed by atoms with van der Waals surface area (Å²) in [6.45, 7) is 10.5. The summed E-state index contributed by atoms with van der Waals surface area (Å²) in [4.78, 5) is 14.4. The summed E-state index contributed by atoms with van der Waals surface area (Å²) in [5.74, 6) is 0.649. The van der Waals surface area contributed by atoms with Gasteiger partial charge in [-0.3, -0.25) is 10.1 Å². The first-order valence-electron chi connectivity index (χ1n) is 7.06. The molecule has 3 unspecified atom stereocenters. The first-order chi connectivity index (χ1) is 8.91. The van der Waals surface area contributed by atoms with E-state index in [0.29, 0.717) is 5.92 Å². The minimum absolute atomic E-state index is 0.000463. The minimum atomic E-state index is -0.104. The van der Waals surface area contributed by atoms with E-state index in [0.717, 1.165) is 5.56 Å². The molecule has 3 nitrogen and oxygen atoms in total. The van der Waals surface area contributed by atoms with Gasteiger partial charge in [0.2, 0.25) is 5.91 Å². The van der Waals surface area contributed by atoms with Crippen molar-refractivity contribution in [2.45, 2.75) is 52.9 Å². The molecule has 0 radical (unpaired) electrons. The Morgan fingerprint density at radius 3 is 2.26 bits per heavy atom. The minimum Gasteiger partial charge on any atom is -0.319 e. The molecule has 0 spiro atoms. The van der Waals surface area contributed by atoms with E-state index < -0.39 is 0 Å². The standard InChI is InChI=1S/C16H24N2O/c1-10(2)13(5)18-15(17-12(4)16(18)19)14-8-6-11(3)7-9-14/h6-10,12-13,15,17H,1-5H3. The molecular formula is C16H24N2O. The number of hydrogen-bond donors (Lipinski definition) is 1. The number of carbonyl (C=O) groups is 1. The molecule has 19 heavy (non-hydrogen) atoms. The van der Waals surface area contributed by atoms with Crippen molar-refractivity contribution in [1.29, 1.82) is 0 Å². The van der Waals surface area contributed by atoms with Crippen LogP contribution in [0.15, 0.2) is 24.3 Å². The molecule has 1 N–H and O–H groups in total. The largest absolute Gasteiger partial charge is 0.319 e. The Morgan fingerprint density at radius 1 is 1.16 bits per heavy atom. The lowest BCUT2D eigenvalue weighted by Crippen LogP contribution is -2.41. The highest BCUT2D eigenvalue weighted by Gasteiger charge is 2.40. The van der Waals surface area contributed by atoms with Gasteiger partial charge in [0.15, 0.2) is 0 Å². The average molecular weight is 260 g/mol. The fraction of sp³-hybridized carbons (Fsp3) is 0.562. The van der Waals surface area contributed by atoms with Crippen molar-refractivity contribution in [2.24, 2.45) is 5.92 Å². The molecule has 0 aliphatic carbocycles. The van der Waals surface area contributed by atoms with Gasteiger partial charge in [0.25, 0.3) is 0 Å². The van der Waals surface area contributed by atoms with Crippen molar-refractivity contribution >= 4 is 5.91 Å². The highest BCUT2D eigenvalue weighted by molar-refractivity contribution is 5.84. The zero-order chi connectivity index (χ0) is 14.2.